The molecule has 0 saturated carbocycles. The zero-order chi connectivity index (χ0) is 19.9. The molecule has 8 heteroatoms. The summed E-state index contributed by atoms with van der Waals surface area (Å²) in [4.78, 5) is 37.6. The van der Waals surface area contributed by atoms with E-state index in [1.165, 1.54) is 14.2 Å². The smallest absolute Gasteiger partial charge is 0.316 e. The molecule has 0 radical (unpaired) electrons. The normalized spacial score (nSPS) is 25.0. The van der Waals surface area contributed by atoms with Crippen LogP contribution in [0.15, 0.2) is 27.9 Å². The number of phenols is 1. The van der Waals surface area contributed by atoms with E-state index in [1.54, 1.807) is 19.1 Å². The number of esters is 1. The highest BCUT2D eigenvalue weighted by Gasteiger charge is 2.45. The van der Waals surface area contributed by atoms with Crippen LogP contribution in [-0.4, -0.2) is 37.0 Å². The van der Waals surface area contributed by atoms with Crippen molar-refractivity contribution in [3.63, 3.8) is 0 Å². The number of carbonyl (C=O) groups is 3. The molecule has 0 spiro atoms. The number of aromatic hydroxyl groups is 1. The molecular weight excluding hydrogens is 418 g/mol. The fraction of sp³-hybridized carbons (Fsp3) is 0.421. The lowest BCUT2D eigenvalue weighted by atomic mass is 9.70. The predicted molar refractivity (Wildman–Crippen MR) is 99.2 cm³/mol. The van der Waals surface area contributed by atoms with Crippen LogP contribution in [-0.2, 0) is 19.1 Å². The number of allylic oxidation sites excluding steroid dienone is 2. The molecule has 2 aliphatic rings. The van der Waals surface area contributed by atoms with E-state index in [9.17, 15) is 19.5 Å². The maximum absolute atomic E-state index is 13.2. The van der Waals surface area contributed by atoms with Gasteiger partial charge in [-0.3, -0.25) is 14.4 Å². The average Bonchev–Trinajstić information content (AvgIpc) is 2.62. The summed E-state index contributed by atoms with van der Waals surface area (Å²) in [7, 11) is 2.68. The van der Waals surface area contributed by atoms with Crippen molar-refractivity contribution in [3.8, 4) is 11.5 Å². The maximum Gasteiger partial charge on any atom is 0.316 e. The number of halogens is 1. The molecule has 1 aliphatic carbocycles. The number of ether oxygens (including phenoxy) is 2. The van der Waals surface area contributed by atoms with Gasteiger partial charge >= 0.3 is 5.97 Å². The number of phenolic OH excluding ortho intramolecular Hbond substituents is 1. The van der Waals surface area contributed by atoms with Crippen LogP contribution in [0.2, 0.25) is 0 Å². The third-order valence-electron chi connectivity index (χ3n) is 5.12. The second-order valence-electron chi connectivity index (χ2n) is 6.80. The van der Waals surface area contributed by atoms with Gasteiger partial charge < -0.3 is 19.9 Å². The lowest BCUT2D eigenvalue weighted by Gasteiger charge is -2.36. The molecule has 3 atom stereocenters. The molecule has 0 bridgehead atoms. The Morgan fingerprint density at radius 2 is 1.96 bits per heavy atom. The van der Waals surface area contributed by atoms with Gasteiger partial charge in [0.25, 0.3) is 0 Å². The first kappa shape index (κ1) is 19.4. The molecule has 0 aromatic heterocycles. The van der Waals surface area contributed by atoms with Gasteiger partial charge in [-0.1, -0.05) is 6.92 Å². The number of rotatable bonds is 3. The highest BCUT2D eigenvalue weighted by atomic mass is 79.9. The zero-order valence-electron chi connectivity index (χ0n) is 15.2. The largest absolute Gasteiger partial charge is 0.503 e. The zero-order valence-corrected chi connectivity index (χ0v) is 16.8. The van der Waals surface area contributed by atoms with E-state index in [0.717, 1.165) is 0 Å². The van der Waals surface area contributed by atoms with Gasteiger partial charge in [-0.05, 0) is 46.0 Å². The number of carbonyl (C=O) groups excluding carboxylic acids is 3. The minimum atomic E-state index is -0.895. The van der Waals surface area contributed by atoms with E-state index in [-0.39, 0.29) is 35.5 Å². The van der Waals surface area contributed by atoms with E-state index in [1.807, 2.05) is 0 Å². The third-order valence-corrected chi connectivity index (χ3v) is 5.73. The summed E-state index contributed by atoms with van der Waals surface area (Å²) in [5.41, 5.74) is 1.62. The molecule has 2 N–H and O–H groups in total. The number of hydrogen-bond acceptors (Lipinski definition) is 6. The summed E-state index contributed by atoms with van der Waals surface area (Å²) < 4.78 is 10.4. The maximum atomic E-state index is 13.2. The van der Waals surface area contributed by atoms with Gasteiger partial charge in [0.1, 0.15) is 5.92 Å². The lowest BCUT2D eigenvalue weighted by Crippen LogP contribution is -2.44. The first-order valence-electron chi connectivity index (χ1n) is 8.49. The van der Waals surface area contributed by atoms with Crippen molar-refractivity contribution in [2.75, 3.05) is 14.2 Å². The van der Waals surface area contributed by atoms with Crippen molar-refractivity contribution in [1.82, 2.24) is 5.32 Å². The predicted octanol–water partition coefficient (Wildman–Crippen LogP) is 2.42. The van der Waals surface area contributed by atoms with E-state index in [2.05, 4.69) is 21.2 Å². The minimum absolute atomic E-state index is 0.0627. The van der Waals surface area contributed by atoms with Crippen molar-refractivity contribution < 1.29 is 29.0 Å². The van der Waals surface area contributed by atoms with Gasteiger partial charge in [0, 0.05) is 23.6 Å². The van der Waals surface area contributed by atoms with Crippen LogP contribution in [0.4, 0.5) is 0 Å². The molecule has 7 nitrogen and oxygen atoms in total. The Morgan fingerprint density at radius 1 is 1.26 bits per heavy atom. The number of ketones is 1. The number of Topliss-reactive ketones (excluding diaryl/α,β-unsaturated/α-hetero) is 1. The fourth-order valence-corrected chi connectivity index (χ4v) is 4.29. The molecule has 27 heavy (non-hydrogen) atoms. The molecule has 1 heterocycles. The van der Waals surface area contributed by atoms with Crippen molar-refractivity contribution >= 4 is 33.6 Å². The van der Waals surface area contributed by atoms with Crippen LogP contribution >= 0.6 is 15.9 Å². The van der Waals surface area contributed by atoms with E-state index >= 15 is 0 Å². The minimum Gasteiger partial charge on any atom is -0.503 e. The topological polar surface area (TPSA) is 102 Å². The van der Waals surface area contributed by atoms with Crippen molar-refractivity contribution in [2.24, 2.45) is 11.8 Å². The molecule has 1 aromatic carbocycles. The summed E-state index contributed by atoms with van der Waals surface area (Å²) in [5.74, 6) is -2.63. The lowest BCUT2D eigenvalue weighted by molar-refractivity contribution is -0.151. The van der Waals surface area contributed by atoms with E-state index in [4.69, 9.17) is 9.47 Å². The molecule has 0 unspecified atom stereocenters. The van der Waals surface area contributed by atoms with Gasteiger partial charge in [-0.2, -0.15) is 0 Å². The Hall–Kier alpha value is -2.35. The molecule has 1 amide bonds. The molecule has 0 fully saturated rings. The summed E-state index contributed by atoms with van der Waals surface area (Å²) >= 11 is 3.27. The Bertz CT molecular complexity index is 862. The average molecular weight is 438 g/mol. The van der Waals surface area contributed by atoms with Crippen LogP contribution in [0.3, 0.4) is 0 Å². The summed E-state index contributed by atoms with van der Waals surface area (Å²) in [5, 5.41) is 12.8. The fourth-order valence-electron chi connectivity index (χ4n) is 3.83. The Morgan fingerprint density at radius 3 is 2.59 bits per heavy atom. The Kier molecular flexibility index (Phi) is 5.28. The molecule has 1 aliphatic heterocycles. The Labute approximate surface area is 164 Å². The molecular formula is C19H20BrNO6. The number of methoxy groups -OCH3 is 2. The number of nitrogens with one attached hydrogen (secondary N) is 1. The van der Waals surface area contributed by atoms with Crippen LogP contribution in [0, 0.1) is 11.8 Å². The Balaban J connectivity index is 2.12. The quantitative estimate of drug-likeness (QED) is 0.555. The SMILES string of the molecule is COC(=O)[C@@H]1C(=O)C2=C(C[C@H]1C)NC(=O)C[C@H]2c1cc(Br)c(O)c(OC)c1. The second kappa shape index (κ2) is 7.34. The van der Waals surface area contributed by atoms with Crippen LogP contribution < -0.4 is 10.1 Å². The van der Waals surface area contributed by atoms with Gasteiger partial charge in [-0.15, -0.1) is 0 Å². The van der Waals surface area contributed by atoms with Crippen molar-refractivity contribution in [1.29, 1.82) is 0 Å². The van der Waals surface area contributed by atoms with Gasteiger partial charge in [0.2, 0.25) is 5.91 Å². The van der Waals surface area contributed by atoms with Crippen LogP contribution in [0.1, 0.15) is 31.2 Å². The van der Waals surface area contributed by atoms with E-state index < -0.39 is 17.8 Å². The third kappa shape index (κ3) is 3.34. The molecule has 144 valence electrons. The van der Waals surface area contributed by atoms with E-state index in [0.29, 0.717) is 27.7 Å². The summed E-state index contributed by atoms with van der Waals surface area (Å²) in [6, 6.07) is 3.26. The highest BCUT2D eigenvalue weighted by Crippen LogP contribution is 2.45. The number of amides is 1. The van der Waals surface area contributed by atoms with Crippen LogP contribution in [0.25, 0.3) is 0 Å². The standard InChI is InChI=1S/C19H20BrNO6/c1-8-4-12-16(18(24)15(8)19(25)27-3)10(7-14(22)21-12)9-5-11(20)17(23)13(6-9)26-2/h5-6,8,10,15,23H,4,7H2,1-3H3,(H,21,22)/t8-,10+,15+/m1/s1. The van der Waals surface area contributed by atoms with Gasteiger partial charge in [0.15, 0.2) is 17.3 Å². The molecule has 1 aromatic rings. The monoisotopic (exact) mass is 437 g/mol. The molecule has 0 saturated heterocycles. The van der Waals surface area contributed by atoms with Crippen molar-refractivity contribution in [2.45, 2.75) is 25.7 Å². The summed E-state index contributed by atoms with van der Waals surface area (Å²) in [6.45, 7) is 1.79. The van der Waals surface area contributed by atoms with Gasteiger partial charge in [0.05, 0.1) is 18.7 Å². The summed E-state index contributed by atoms with van der Waals surface area (Å²) in [6.07, 6.45) is 0.465. The van der Waals surface area contributed by atoms with Crippen LogP contribution in [0.5, 0.6) is 11.5 Å². The second-order valence-corrected chi connectivity index (χ2v) is 7.65. The number of hydrogen-bond donors (Lipinski definition) is 2. The van der Waals surface area contributed by atoms with Crippen molar-refractivity contribution in [3.05, 3.63) is 33.4 Å². The number of benzene rings is 1. The first-order chi connectivity index (χ1) is 12.8. The first-order valence-corrected chi connectivity index (χ1v) is 9.29. The van der Waals surface area contributed by atoms with Gasteiger partial charge in [-0.25, -0.2) is 0 Å². The highest BCUT2D eigenvalue weighted by molar-refractivity contribution is 9.10. The molecule has 3 rings (SSSR count).